The molecule has 0 bridgehead atoms. The predicted octanol–water partition coefficient (Wildman–Crippen LogP) is 3.94. The van der Waals surface area contributed by atoms with Gasteiger partial charge in [0, 0.05) is 30.3 Å². The van der Waals surface area contributed by atoms with Gasteiger partial charge >= 0.3 is 0 Å². The fourth-order valence-electron chi connectivity index (χ4n) is 2.35. The number of nitrogens with zero attached hydrogens (tertiary/aromatic N) is 3. The summed E-state index contributed by atoms with van der Waals surface area (Å²) in [7, 11) is 0. The van der Waals surface area contributed by atoms with Crippen molar-refractivity contribution in [3.05, 3.63) is 48.9 Å². The van der Waals surface area contributed by atoms with Crippen molar-refractivity contribution in [3.63, 3.8) is 0 Å². The van der Waals surface area contributed by atoms with E-state index in [-0.39, 0.29) is 21.8 Å². The lowest BCUT2D eigenvalue weighted by atomic mass is 10.2. The molecule has 0 N–H and O–H groups in total. The van der Waals surface area contributed by atoms with Crippen LogP contribution in [0, 0.1) is 10.1 Å². The first-order valence-corrected chi connectivity index (χ1v) is 8.09. The number of anilines is 1. The third-order valence-corrected chi connectivity index (χ3v) is 4.77. The van der Waals surface area contributed by atoms with E-state index in [2.05, 4.69) is 4.98 Å². The maximum absolute atomic E-state index is 10.8. The molecule has 116 valence electrons. The van der Waals surface area contributed by atoms with Crippen LogP contribution in [0.25, 0.3) is 0 Å². The number of nitro benzene ring substituents is 1. The van der Waals surface area contributed by atoms with E-state index in [9.17, 15) is 10.1 Å². The number of hydrogen-bond acceptors (Lipinski definition) is 6. The lowest BCUT2D eigenvalue weighted by Crippen LogP contribution is -2.38. The van der Waals surface area contributed by atoms with Gasteiger partial charge in [-0.15, -0.1) is 11.3 Å². The fourth-order valence-corrected chi connectivity index (χ4v) is 3.75. The molecular weight excluding hydrogens is 349 g/mol. The van der Waals surface area contributed by atoms with E-state index >= 15 is 0 Å². The predicted molar refractivity (Wildman–Crippen MR) is 86.1 cm³/mol. The quantitative estimate of drug-likeness (QED) is 0.613. The van der Waals surface area contributed by atoms with Gasteiger partial charge in [0.1, 0.15) is 11.1 Å². The van der Waals surface area contributed by atoms with Crippen molar-refractivity contribution in [2.75, 3.05) is 24.6 Å². The minimum Gasteiger partial charge on any atom is -0.367 e. The summed E-state index contributed by atoms with van der Waals surface area (Å²) in [5.41, 5.74) is 0.474. The molecule has 1 atom stereocenters. The van der Waals surface area contributed by atoms with Crippen molar-refractivity contribution < 1.29 is 9.66 Å². The smallest absolute Gasteiger partial charge is 0.272 e. The summed E-state index contributed by atoms with van der Waals surface area (Å²) in [5, 5.41) is 14.2. The number of aromatic nitrogens is 1. The minimum atomic E-state index is -0.515. The van der Waals surface area contributed by atoms with Gasteiger partial charge in [-0.05, 0) is 0 Å². The Balaban J connectivity index is 1.89. The Hall–Kier alpha value is -1.41. The van der Waals surface area contributed by atoms with Crippen molar-refractivity contribution in [1.82, 2.24) is 4.98 Å². The van der Waals surface area contributed by atoms with Crippen molar-refractivity contribution in [3.8, 4) is 0 Å². The maximum atomic E-state index is 10.8. The second-order valence-corrected chi connectivity index (χ2v) is 6.43. The number of rotatable bonds is 3. The highest BCUT2D eigenvalue weighted by molar-refractivity contribution is 7.09. The number of non-ortho nitro benzene ring substituents is 1. The number of benzene rings is 1. The molecule has 2 aromatic rings. The number of nitro groups is 1. The topological polar surface area (TPSA) is 68.5 Å². The van der Waals surface area contributed by atoms with Crippen LogP contribution in [0.5, 0.6) is 0 Å². The molecule has 9 heteroatoms. The molecular formula is C13H11Cl2N3O3S. The van der Waals surface area contributed by atoms with Crippen molar-refractivity contribution >= 4 is 45.9 Å². The largest absolute Gasteiger partial charge is 0.367 e. The molecule has 3 rings (SSSR count). The number of morpholine rings is 1. The van der Waals surface area contributed by atoms with E-state index < -0.39 is 4.92 Å². The highest BCUT2D eigenvalue weighted by Gasteiger charge is 2.27. The molecule has 1 unspecified atom stereocenters. The minimum absolute atomic E-state index is 0.122. The van der Waals surface area contributed by atoms with Crippen LogP contribution in [0.3, 0.4) is 0 Å². The lowest BCUT2D eigenvalue weighted by Gasteiger charge is -2.34. The van der Waals surface area contributed by atoms with E-state index in [1.165, 1.54) is 23.5 Å². The number of halogens is 2. The van der Waals surface area contributed by atoms with Gasteiger partial charge in [0.25, 0.3) is 5.69 Å². The van der Waals surface area contributed by atoms with Gasteiger partial charge in [0.05, 0.1) is 33.8 Å². The molecule has 0 spiro atoms. The maximum Gasteiger partial charge on any atom is 0.272 e. The van der Waals surface area contributed by atoms with Crippen molar-refractivity contribution in [2.24, 2.45) is 0 Å². The van der Waals surface area contributed by atoms with Crippen molar-refractivity contribution in [2.45, 2.75) is 6.10 Å². The molecule has 1 aromatic heterocycles. The van der Waals surface area contributed by atoms with Gasteiger partial charge in [0.2, 0.25) is 0 Å². The summed E-state index contributed by atoms with van der Waals surface area (Å²) in [6.45, 7) is 1.66. The van der Waals surface area contributed by atoms with Gasteiger partial charge in [-0.3, -0.25) is 10.1 Å². The second kappa shape index (κ2) is 6.37. The molecule has 6 nitrogen and oxygen atoms in total. The third-order valence-electron chi connectivity index (χ3n) is 3.32. The zero-order valence-electron chi connectivity index (χ0n) is 11.2. The molecule has 1 aliphatic heterocycles. The SMILES string of the molecule is O=[N+]([O-])c1cc(Cl)c(N2CCOC(c3nccs3)C2)c(Cl)c1. The van der Waals surface area contributed by atoms with Crippen LogP contribution in [0.15, 0.2) is 23.7 Å². The normalized spacial score (nSPS) is 18.5. The Bertz CT molecular complexity index is 673. The monoisotopic (exact) mass is 359 g/mol. The number of thiazole rings is 1. The molecule has 0 saturated carbocycles. The van der Waals surface area contributed by atoms with Gasteiger partial charge in [-0.2, -0.15) is 0 Å². The molecule has 1 aliphatic rings. The fraction of sp³-hybridized carbons (Fsp3) is 0.308. The molecule has 2 heterocycles. The van der Waals surface area contributed by atoms with E-state index in [0.717, 1.165) is 5.01 Å². The average Bonchev–Trinajstić information content (AvgIpc) is 3.01. The molecule has 1 aromatic carbocycles. The highest BCUT2D eigenvalue weighted by atomic mass is 35.5. The Morgan fingerprint density at radius 2 is 2.14 bits per heavy atom. The standard InChI is InChI=1S/C13H11Cl2N3O3S/c14-9-5-8(18(19)20)6-10(15)12(9)17-2-3-21-11(7-17)13-16-1-4-22-13/h1,4-6,11H,2-3,7H2. The number of ether oxygens (including phenoxy) is 1. The van der Waals surface area contributed by atoms with E-state index in [1.807, 2.05) is 10.3 Å². The van der Waals surface area contributed by atoms with Crippen LogP contribution in [0.2, 0.25) is 10.0 Å². The summed E-state index contributed by atoms with van der Waals surface area (Å²) in [6.07, 6.45) is 1.57. The van der Waals surface area contributed by atoms with E-state index in [1.54, 1.807) is 6.20 Å². The Kier molecular flexibility index (Phi) is 4.49. The Morgan fingerprint density at radius 3 is 2.73 bits per heavy atom. The Labute approximate surface area is 140 Å². The molecule has 22 heavy (non-hydrogen) atoms. The number of hydrogen-bond donors (Lipinski definition) is 0. The summed E-state index contributed by atoms with van der Waals surface area (Å²) in [4.78, 5) is 16.6. The van der Waals surface area contributed by atoms with E-state index in [0.29, 0.717) is 25.4 Å². The highest BCUT2D eigenvalue weighted by Crippen LogP contribution is 2.39. The first-order valence-electron chi connectivity index (χ1n) is 6.45. The first kappa shape index (κ1) is 15.5. The summed E-state index contributed by atoms with van der Waals surface area (Å²) in [5.74, 6) is 0. The van der Waals surface area contributed by atoms with Gasteiger partial charge in [-0.25, -0.2) is 4.98 Å². The van der Waals surface area contributed by atoms with Gasteiger partial charge in [0.15, 0.2) is 0 Å². The first-order chi connectivity index (χ1) is 10.6. The Morgan fingerprint density at radius 1 is 1.41 bits per heavy atom. The zero-order chi connectivity index (χ0) is 15.7. The van der Waals surface area contributed by atoms with Crippen LogP contribution in [0.4, 0.5) is 11.4 Å². The second-order valence-electron chi connectivity index (χ2n) is 4.69. The van der Waals surface area contributed by atoms with Gasteiger partial charge < -0.3 is 9.64 Å². The van der Waals surface area contributed by atoms with Gasteiger partial charge in [-0.1, -0.05) is 23.2 Å². The summed E-state index contributed by atoms with van der Waals surface area (Å²) >= 11 is 13.9. The molecule has 0 radical (unpaired) electrons. The third kappa shape index (κ3) is 3.03. The molecule has 1 fully saturated rings. The molecule has 0 amide bonds. The van der Waals surface area contributed by atoms with Crippen LogP contribution in [0.1, 0.15) is 11.1 Å². The summed E-state index contributed by atoms with van der Waals surface area (Å²) in [6, 6.07) is 2.63. The lowest BCUT2D eigenvalue weighted by molar-refractivity contribution is -0.384. The van der Waals surface area contributed by atoms with E-state index in [4.69, 9.17) is 27.9 Å². The van der Waals surface area contributed by atoms with Crippen LogP contribution in [-0.2, 0) is 4.74 Å². The molecule has 0 aliphatic carbocycles. The van der Waals surface area contributed by atoms with Crippen LogP contribution < -0.4 is 4.90 Å². The van der Waals surface area contributed by atoms with Crippen LogP contribution in [-0.4, -0.2) is 29.6 Å². The van der Waals surface area contributed by atoms with Crippen molar-refractivity contribution in [1.29, 1.82) is 0 Å². The molecule has 1 saturated heterocycles. The van der Waals surface area contributed by atoms with Crippen LogP contribution >= 0.6 is 34.5 Å². The average molecular weight is 360 g/mol. The zero-order valence-corrected chi connectivity index (χ0v) is 13.6. The summed E-state index contributed by atoms with van der Waals surface area (Å²) < 4.78 is 5.73.